The van der Waals surface area contributed by atoms with Crippen molar-refractivity contribution in [3.63, 3.8) is 0 Å². The van der Waals surface area contributed by atoms with E-state index in [9.17, 15) is 9.59 Å². The SMILES string of the molecule is CCOc1cc(C(=O)Nc2scc(-c3ccc(Br)cc3)c2C(=O)OC)cc(OCC)c1OCC. The maximum absolute atomic E-state index is 13.2. The first-order valence-electron chi connectivity index (χ1n) is 10.8. The van der Waals surface area contributed by atoms with E-state index in [1.54, 1.807) is 12.1 Å². The van der Waals surface area contributed by atoms with Crippen LogP contribution in [0.15, 0.2) is 46.3 Å². The van der Waals surface area contributed by atoms with Crippen LogP contribution in [0.25, 0.3) is 11.1 Å². The lowest BCUT2D eigenvalue weighted by molar-refractivity contribution is 0.0603. The third kappa shape index (κ3) is 5.71. The largest absolute Gasteiger partial charge is 0.490 e. The van der Waals surface area contributed by atoms with Gasteiger partial charge in [-0.1, -0.05) is 28.1 Å². The predicted octanol–water partition coefficient (Wildman–Crippen LogP) is 6.41. The lowest BCUT2D eigenvalue weighted by Crippen LogP contribution is -2.15. The molecule has 1 aromatic heterocycles. The molecule has 0 atom stereocenters. The van der Waals surface area contributed by atoms with Gasteiger partial charge >= 0.3 is 5.97 Å². The van der Waals surface area contributed by atoms with Gasteiger partial charge in [0.1, 0.15) is 10.6 Å². The summed E-state index contributed by atoms with van der Waals surface area (Å²) < 4.78 is 23.0. The molecule has 0 aliphatic rings. The molecular formula is C25H26BrNO6S. The molecule has 0 saturated carbocycles. The van der Waals surface area contributed by atoms with Gasteiger partial charge in [0.15, 0.2) is 11.5 Å². The maximum Gasteiger partial charge on any atom is 0.341 e. The van der Waals surface area contributed by atoms with Crippen LogP contribution in [0.3, 0.4) is 0 Å². The molecule has 0 bridgehead atoms. The Kier molecular flexibility index (Phi) is 8.95. The van der Waals surface area contributed by atoms with E-state index in [1.165, 1.54) is 18.4 Å². The van der Waals surface area contributed by atoms with E-state index >= 15 is 0 Å². The molecule has 1 amide bonds. The molecule has 0 aliphatic carbocycles. The Bertz CT molecular complexity index is 1130. The van der Waals surface area contributed by atoms with Crippen molar-refractivity contribution in [2.24, 2.45) is 0 Å². The van der Waals surface area contributed by atoms with E-state index in [-0.39, 0.29) is 0 Å². The van der Waals surface area contributed by atoms with Crippen LogP contribution in [0.2, 0.25) is 0 Å². The molecule has 1 heterocycles. The molecule has 2 aromatic carbocycles. The van der Waals surface area contributed by atoms with E-state index < -0.39 is 11.9 Å². The van der Waals surface area contributed by atoms with Crippen molar-refractivity contribution >= 4 is 44.1 Å². The zero-order chi connectivity index (χ0) is 24.7. The second-order valence-corrected chi connectivity index (χ2v) is 8.70. The minimum atomic E-state index is -0.536. The van der Waals surface area contributed by atoms with Gasteiger partial charge in [-0.25, -0.2) is 4.79 Å². The van der Waals surface area contributed by atoms with Gasteiger partial charge < -0.3 is 24.3 Å². The fraction of sp³-hybridized carbons (Fsp3) is 0.280. The van der Waals surface area contributed by atoms with Crippen molar-refractivity contribution in [1.82, 2.24) is 0 Å². The van der Waals surface area contributed by atoms with Gasteiger partial charge in [0.25, 0.3) is 5.91 Å². The zero-order valence-corrected chi connectivity index (χ0v) is 21.8. The minimum Gasteiger partial charge on any atom is -0.490 e. The number of esters is 1. The summed E-state index contributed by atoms with van der Waals surface area (Å²) in [4.78, 5) is 25.9. The highest BCUT2D eigenvalue weighted by Gasteiger charge is 2.24. The van der Waals surface area contributed by atoms with Crippen molar-refractivity contribution in [3.8, 4) is 28.4 Å². The molecule has 9 heteroatoms. The van der Waals surface area contributed by atoms with Gasteiger partial charge in [-0.15, -0.1) is 11.3 Å². The van der Waals surface area contributed by atoms with E-state index in [4.69, 9.17) is 18.9 Å². The fourth-order valence-electron chi connectivity index (χ4n) is 3.29. The van der Waals surface area contributed by atoms with Crippen molar-refractivity contribution in [1.29, 1.82) is 0 Å². The summed E-state index contributed by atoms with van der Waals surface area (Å²) in [5, 5.41) is 5.06. The molecule has 0 aliphatic heterocycles. The highest BCUT2D eigenvalue weighted by molar-refractivity contribution is 9.10. The van der Waals surface area contributed by atoms with E-state index in [2.05, 4.69) is 21.2 Å². The Hall–Kier alpha value is -3.04. The van der Waals surface area contributed by atoms with Gasteiger partial charge in [-0.05, 0) is 50.6 Å². The fourth-order valence-corrected chi connectivity index (χ4v) is 4.51. The lowest BCUT2D eigenvalue weighted by Gasteiger charge is -2.17. The molecule has 3 rings (SSSR count). The number of carbonyl (C=O) groups is 2. The van der Waals surface area contributed by atoms with Crippen LogP contribution >= 0.6 is 27.3 Å². The van der Waals surface area contributed by atoms with Gasteiger partial charge in [-0.3, -0.25) is 4.79 Å². The molecule has 1 N–H and O–H groups in total. The number of hydrogen-bond donors (Lipinski definition) is 1. The number of methoxy groups -OCH3 is 1. The third-order valence-electron chi connectivity index (χ3n) is 4.73. The number of benzene rings is 2. The summed E-state index contributed by atoms with van der Waals surface area (Å²) in [5.74, 6) is 0.322. The molecule has 180 valence electrons. The van der Waals surface area contributed by atoms with E-state index in [0.717, 1.165) is 10.0 Å². The molecule has 0 saturated heterocycles. The molecule has 34 heavy (non-hydrogen) atoms. The molecule has 0 fully saturated rings. The first-order chi connectivity index (χ1) is 16.4. The summed E-state index contributed by atoms with van der Waals surface area (Å²) in [7, 11) is 1.31. The Morgan fingerprint density at radius 1 is 0.941 bits per heavy atom. The number of rotatable bonds is 10. The first kappa shape index (κ1) is 25.6. The van der Waals surface area contributed by atoms with Crippen LogP contribution in [0.5, 0.6) is 17.2 Å². The minimum absolute atomic E-state index is 0.296. The second-order valence-electron chi connectivity index (χ2n) is 6.91. The number of hydrogen-bond acceptors (Lipinski definition) is 7. The van der Waals surface area contributed by atoms with Crippen molar-refractivity contribution in [2.75, 3.05) is 32.2 Å². The molecular weight excluding hydrogens is 522 g/mol. The number of anilines is 1. The number of carbonyl (C=O) groups excluding carboxylic acids is 2. The van der Waals surface area contributed by atoms with Crippen LogP contribution in [0.4, 0.5) is 5.00 Å². The molecule has 0 radical (unpaired) electrons. The van der Waals surface area contributed by atoms with Crippen LogP contribution < -0.4 is 19.5 Å². The van der Waals surface area contributed by atoms with Gasteiger partial charge in [0, 0.05) is 21.0 Å². The number of amides is 1. The van der Waals surface area contributed by atoms with Crippen LogP contribution in [-0.2, 0) is 4.74 Å². The number of halogens is 1. The van der Waals surface area contributed by atoms with E-state index in [0.29, 0.717) is 58.8 Å². The van der Waals surface area contributed by atoms with Gasteiger partial charge in [0.05, 0.1) is 26.9 Å². The smallest absolute Gasteiger partial charge is 0.341 e. The van der Waals surface area contributed by atoms with E-state index in [1.807, 2.05) is 50.4 Å². The molecule has 0 spiro atoms. The first-order valence-corrected chi connectivity index (χ1v) is 12.4. The van der Waals surface area contributed by atoms with Crippen molar-refractivity contribution in [3.05, 3.63) is 57.4 Å². The molecule has 0 unspecified atom stereocenters. The van der Waals surface area contributed by atoms with Gasteiger partial charge in [0.2, 0.25) is 5.75 Å². The summed E-state index contributed by atoms with van der Waals surface area (Å²) in [6.45, 7) is 6.76. The number of thiophene rings is 1. The quantitative estimate of drug-likeness (QED) is 0.295. The van der Waals surface area contributed by atoms with Gasteiger partial charge in [-0.2, -0.15) is 0 Å². The topological polar surface area (TPSA) is 83.1 Å². The summed E-state index contributed by atoms with van der Waals surface area (Å²) in [6.07, 6.45) is 0. The average molecular weight is 548 g/mol. The standard InChI is InChI=1S/C25H26BrNO6S/c1-5-31-19-12-16(13-20(32-6-2)22(19)33-7-3)23(28)27-24-21(25(29)30-4)18(14-34-24)15-8-10-17(26)11-9-15/h8-14H,5-7H2,1-4H3,(H,27,28). The summed E-state index contributed by atoms with van der Waals surface area (Å²) >= 11 is 4.67. The average Bonchev–Trinajstić information content (AvgIpc) is 3.24. The van der Waals surface area contributed by atoms with Crippen molar-refractivity contribution in [2.45, 2.75) is 20.8 Å². The highest BCUT2D eigenvalue weighted by atomic mass is 79.9. The van der Waals surface area contributed by atoms with Crippen LogP contribution in [-0.4, -0.2) is 38.8 Å². The maximum atomic E-state index is 13.2. The summed E-state index contributed by atoms with van der Waals surface area (Å²) in [6, 6.07) is 10.8. The Balaban J connectivity index is 2.00. The van der Waals surface area contributed by atoms with Crippen LogP contribution in [0, 0.1) is 0 Å². The third-order valence-corrected chi connectivity index (χ3v) is 6.16. The Labute approximate surface area is 211 Å². The normalized spacial score (nSPS) is 10.5. The molecule has 3 aromatic rings. The van der Waals surface area contributed by atoms with Crippen LogP contribution in [0.1, 0.15) is 41.5 Å². The Morgan fingerprint density at radius 3 is 2.06 bits per heavy atom. The molecule has 7 nitrogen and oxygen atoms in total. The number of nitrogens with one attached hydrogen (secondary N) is 1. The second kappa shape index (κ2) is 11.9. The highest BCUT2D eigenvalue weighted by Crippen LogP contribution is 2.40. The number of ether oxygens (including phenoxy) is 4. The predicted molar refractivity (Wildman–Crippen MR) is 137 cm³/mol. The monoisotopic (exact) mass is 547 g/mol. The lowest BCUT2D eigenvalue weighted by atomic mass is 10.0. The summed E-state index contributed by atoms with van der Waals surface area (Å²) in [5.41, 5.74) is 2.11. The van der Waals surface area contributed by atoms with Crippen molar-refractivity contribution < 1.29 is 28.5 Å². The zero-order valence-electron chi connectivity index (χ0n) is 19.4. The Morgan fingerprint density at radius 2 is 1.53 bits per heavy atom.